The number of hydrogen-bond acceptors (Lipinski definition) is 9. The molecule has 0 aliphatic carbocycles. The second-order valence-electron chi connectivity index (χ2n) is 12.7. The van der Waals surface area contributed by atoms with E-state index >= 15 is 0 Å². The fraction of sp³-hybridized carbons (Fsp3) is 0.912. The molecule has 0 saturated carbocycles. The predicted molar refractivity (Wildman–Crippen MR) is 176 cm³/mol. The maximum absolute atomic E-state index is 12.8. The summed E-state index contributed by atoms with van der Waals surface area (Å²) in [6.45, 7) is 10.8. The Labute approximate surface area is 272 Å². The number of hydrogen-bond donors (Lipinski definition) is 2. The Hall–Kier alpha value is -2.20. The van der Waals surface area contributed by atoms with Crippen LogP contribution in [0, 0.1) is 11.4 Å². The normalized spacial score (nSPS) is 12.0. The molecule has 0 aromatic heterocycles. The molecule has 0 aromatic carbocycles. The molecule has 1 amide bonds. The zero-order valence-corrected chi connectivity index (χ0v) is 29.0. The van der Waals surface area contributed by atoms with Gasteiger partial charge in [-0.2, -0.15) is 0 Å². The number of carbonyl (C=O) groups is 3. The third-order valence-electron chi connectivity index (χ3n) is 7.21. The molecule has 0 unspecified atom stereocenters. The molecule has 0 aliphatic rings. The minimum atomic E-state index is -0.654. The van der Waals surface area contributed by atoms with Crippen LogP contribution in [0.5, 0.6) is 0 Å². The smallest absolute Gasteiger partial charge is 0.309 e. The lowest BCUT2D eigenvalue weighted by molar-refractivity contribution is -0.161. The van der Waals surface area contributed by atoms with E-state index in [-0.39, 0.29) is 31.0 Å². The Morgan fingerprint density at radius 1 is 0.733 bits per heavy atom. The van der Waals surface area contributed by atoms with Crippen LogP contribution in [0.25, 0.3) is 0 Å². The number of unbranched alkanes of at least 4 members (excludes halogenated alkanes) is 12. The number of amides is 1. The summed E-state index contributed by atoms with van der Waals surface area (Å²) in [5, 5.41) is 6.29. The molecule has 0 rings (SSSR count). The van der Waals surface area contributed by atoms with Crippen LogP contribution in [-0.2, 0) is 33.3 Å². The van der Waals surface area contributed by atoms with Crippen molar-refractivity contribution in [3.05, 3.63) is 0 Å². The number of rotatable bonds is 32. The van der Waals surface area contributed by atoms with Crippen molar-refractivity contribution in [2.45, 2.75) is 142 Å². The molecule has 0 aliphatic heterocycles. The molecule has 11 nitrogen and oxygen atoms in total. The average molecular weight is 642 g/mol. The Bertz CT molecular complexity index is 798. The lowest BCUT2D eigenvalue weighted by atomic mass is 9.94. The highest BCUT2D eigenvalue weighted by Crippen LogP contribution is 2.20. The van der Waals surface area contributed by atoms with Gasteiger partial charge in [0, 0.05) is 25.8 Å². The van der Waals surface area contributed by atoms with Crippen LogP contribution in [0.3, 0.4) is 0 Å². The van der Waals surface area contributed by atoms with E-state index in [1.54, 1.807) is 20.8 Å². The van der Waals surface area contributed by atoms with E-state index in [0.717, 1.165) is 19.3 Å². The van der Waals surface area contributed by atoms with Crippen molar-refractivity contribution in [1.29, 1.82) is 5.53 Å². The molecule has 0 heterocycles. The number of ketones is 1. The van der Waals surface area contributed by atoms with Crippen LogP contribution < -0.4 is 10.2 Å². The van der Waals surface area contributed by atoms with Crippen molar-refractivity contribution < 1.29 is 33.3 Å². The quantitative estimate of drug-likeness (QED) is 0.0352. The van der Waals surface area contributed by atoms with E-state index in [0.29, 0.717) is 59.2 Å². The highest BCUT2D eigenvalue weighted by atomic mass is 16.6. The topological polar surface area (TPSA) is 150 Å². The largest absolute Gasteiger partial charge is 0.460 e. The van der Waals surface area contributed by atoms with Crippen LogP contribution in [0.2, 0.25) is 0 Å². The van der Waals surface area contributed by atoms with Crippen molar-refractivity contribution in [2.75, 3.05) is 52.7 Å². The third kappa shape index (κ3) is 31.6. The number of esters is 1. The maximum atomic E-state index is 12.8. The summed E-state index contributed by atoms with van der Waals surface area (Å²) in [5.74, 6) is -1.16. The molecule has 262 valence electrons. The number of nitrogens with one attached hydrogen (secondary N) is 2. The first-order valence-electron chi connectivity index (χ1n) is 17.5. The molecular formula is C34H65N4O7+. The molecule has 1 atom stereocenters. The summed E-state index contributed by atoms with van der Waals surface area (Å²) in [5.41, 5.74) is 5.89. The van der Waals surface area contributed by atoms with Gasteiger partial charge in [0.2, 0.25) is 10.8 Å². The van der Waals surface area contributed by atoms with Gasteiger partial charge >= 0.3 is 5.97 Å². The lowest BCUT2D eigenvalue weighted by Crippen LogP contribution is -2.32. The first-order chi connectivity index (χ1) is 21.7. The van der Waals surface area contributed by atoms with Gasteiger partial charge in [-0.05, 0) is 33.6 Å². The molecule has 0 aromatic rings. The number of ether oxygens (including phenoxy) is 4. The van der Waals surface area contributed by atoms with E-state index < -0.39 is 17.5 Å². The first-order valence-corrected chi connectivity index (χ1v) is 17.5. The Balaban J connectivity index is 4.09. The lowest BCUT2D eigenvalue weighted by Gasteiger charge is -2.23. The van der Waals surface area contributed by atoms with Gasteiger partial charge in [0.05, 0.1) is 45.6 Å². The average Bonchev–Trinajstić information content (AvgIpc) is 2.99. The van der Waals surface area contributed by atoms with Crippen molar-refractivity contribution >= 4 is 17.7 Å². The van der Waals surface area contributed by atoms with Gasteiger partial charge in [-0.1, -0.05) is 84.0 Å². The summed E-state index contributed by atoms with van der Waals surface area (Å²) in [6.07, 6.45) is 17.3. The van der Waals surface area contributed by atoms with Crippen molar-refractivity contribution in [3.8, 4) is 0 Å². The monoisotopic (exact) mass is 641 g/mol. The van der Waals surface area contributed by atoms with Crippen LogP contribution >= 0.6 is 0 Å². The number of nitrogens with zero attached hydrogens (tertiary/aromatic N) is 2. The van der Waals surface area contributed by atoms with Gasteiger partial charge in [0.1, 0.15) is 28.6 Å². The highest BCUT2D eigenvalue weighted by molar-refractivity contribution is 5.85. The van der Waals surface area contributed by atoms with Crippen molar-refractivity contribution in [3.63, 3.8) is 0 Å². The molecule has 2 N–H and O–H groups in total. The molecular weight excluding hydrogens is 576 g/mol. The van der Waals surface area contributed by atoms with E-state index in [2.05, 4.69) is 22.3 Å². The minimum Gasteiger partial charge on any atom is -0.460 e. The van der Waals surface area contributed by atoms with Gasteiger partial charge in [-0.3, -0.25) is 14.4 Å². The van der Waals surface area contributed by atoms with Crippen LogP contribution in [0.1, 0.15) is 137 Å². The van der Waals surface area contributed by atoms with Crippen molar-refractivity contribution in [1.82, 2.24) is 10.2 Å². The van der Waals surface area contributed by atoms with E-state index in [9.17, 15) is 14.4 Å². The van der Waals surface area contributed by atoms with E-state index in [1.165, 1.54) is 64.2 Å². The third-order valence-corrected chi connectivity index (χ3v) is 7.21. The van der Waals surface area contributed by atoms with Crippen molar-refractivity contribution in [2.24, 2.45) is 11.0 Å². The SMILES string of the molecule is CCCCCCCCCCCCCCCC(=O)C[C@@H](CCC(=O)NCCOCCOCCOCCN=[N+]=N)C(=O)OC(C)(C)C. The predicted octanol–water partition coefficient (Wildman–Crippen LogP) is 6.88. The summed E-state index contributed by atoms with van der Waals surface area (Å²) in [7, 11) is 0. The van der Waals surface area contributed by atoms with Gasteiger partial charge in [0.15, 0.2) is 0 Å². The van der Waals surface area contributed by atoms with Crippen LogP contribution in [0.15, 0.2) is 5.11 Å². The summed E-state index contributed by atoms with van der Waals surface area (Å²) < 4.78 is 21.7. The molecule has 0 saturated heterocycles. The summed E-state index contributed by atoms with van der Waals surface area (Å²) >= 11 is 0. The second kappa shape index (κ2) is 30.5. The molecule has 0 bridgehead atoms. The molecule has 11 heteroatoms. The van der Waals surface area contributed by atoms with Gasteiger partial charge in [-0.25, -0.2) is 0 Å². The van der Waals surface area contributed by atoms with Crippen LogP contribution in [0.4, 0.5) is 0 Å². The molecule has 0 spiro atoms. The van der Waals surface area contributed by atoms with E-state index in [1.807, 2.05) is 0 Å². The fourth-order valence-electron chi connectivity index (χ4n) is 4.76. The Kier molecular flexibility index (Phi) is 29.0. The maximum Gasteiger partial charge on any atom is 0.309 e. The van der Waals surface area contributed by atoms with Gasteiger partial charge in [0.25, 0.3) is 0 Å². The van der Waals surface area contributed by atoms with Gasteiger partial charge < -0.3 is 24.3 Å². The molecule has 0 fully saturated rings. The zero-order chi connectivity index (χ0) is 33.4. The Morgan fingerprint density at radius 3 is 1.78 bits per heavy atom. The minimum absolute atomic E-state index is 0.0622. The summed E-state index contributed by atoms with van der Waals surface area (Å²) in [6, 6.07) is 0. The summed E-state index contributed by atoms with van der Waals surface area (Å²) in [4.78, 5) is 40.8. The van der Waals surface area contributed by atoms with Crippen LogP contribution in [-0.4, -0.2) is 76.0 Å². The number of Topliss-reactive ketones (excluding diaryl/α,β-unsaturated/α-hetero) is 1. The highest BCUT2D eigenvalue weighted by Gasteiger charge is 2.27. The number of carbonyl (C=O) groups excluding carboxylic acids is 3. The Morgan fingerprint density at radius 2 is 1.24 bits per heavy atom. The zero-order valence-electron chi connectivity index (χ0n) is 29.0. The second-order valence-corrected chi connectivity index (χ2v) is 12.7. The fourth-order valence-corrected chi connectivity index (χ4v) is 4.76. The molecule has 0 radical (unpaired) electrons. The first kappa shape index (κ1) is 42.8. The van der Waals surface area contributed by atoms with Gasteiger partial charge in [-0.15, -0.1) is 0 Å². The van der Waals surface area contributed by atoms with E-state index in [4.69, 9.17) is 24.5 Å². The standard InChI is InChI=1S/C34H64N4O7/c1-5-6-7-8-9-10-11-12-13-14-15-16-17-18-31(39)29-30(33(41)45-34(2,3)4)19-20-32(40)36-21-23-42-25-27-44-28-26-43-24-22-37-38-35/h30,35H,5-29H2,1-4H3/p+1/t30-/m1/s1. The molecule has 45 heavy (non-hydrogen) atoms.